The average molecular weight is 385 g/mol. The molecule has 1 aliphatic rings. The topological polar surface area (TPSA) is 102 Å². The molecule has 2 aromatic rings. The summed E-state index contributed by atoms with van der Waals surface area (Å²) in [6.45, 7) is 5.21. The summed E-state index contributed by atoms with van der Waals surface area (Å²) in [6.07, 6.45) is 4.16. The highest BCUT2D eigenvalue weighted by atomic mass is 16.5. The molecule has 1 aromatic carbocycles. The van der Waals surface area contributed by atoms with Crippen LogP contribution in [0.15, 0.2) is 36.7 Å². The molecule has 0 spiro atoms. The van der Waals surface area contributed by atoms with Gasteiger partial charge in [-0.3, -0.25) is 14.3 Å². The number of carbonyl (C=O) groups excluding carboxylic acids is 2. The molecule has 0 bridgehead atoms. The Morgan fingerprint density at radius 3 is 2.68 bits per heavy atom. The third kappa shape index (κ3) is 5.32. The number of nitrogens with zero attached hydrogens (tertiary/aromatic N) is 3. The van der Waals surface area contributed by atoms with E-state index in [-0.39, 0.29) is 30.6 Å². The Hall–Kier alpha value is -2.87. The van der Waals surface area contributed by atoms with Crippen molar-refractivity contribution in [2.75, 3.05) is 24.1 Å². The second kappa shape index (κ2) is 8.88. The summed E-state index contributed by atoms with van der Waals surface area (Å²) in [4.78, 5) is 26.5. The summed E-state index contributed by atoms with van der Waals surface area (Å²) < 4.78 is 7.19. The number of benzene rings is 1. The van der Waals surface area contributed by atoms with Gasteiger partial charge < -0.3 is 20.7 Å². The van der Waals surface area contributed by atoms with Gasteiger partial charge in [0.2, 0.25) is 11.8 Å². The van der Waals surface area contributed by atoms with Crippen LogP contribution in [0, 0.1) is 0 Å². The molecule has 150 valence electrons. The first-order valence-corrected chi connectivity index (χ1v) is 9.49. The van der Waals surface area contributed by atoms with E-state index in [0.29, 0.717) is 37.3 Å². The Morgan fingerprint density at radius 1 is 1.25 bits per heavy atom. The van der Waals surface area contributed by atoms with Gasteiger partial charge >= 0.3 is 0 Å². The molecule has 28 heavy (non-hydrogen) atoms. The summed E-state index contributed by atoms with van der Waals surface area (Å²) in [6, 6.07) is 7.51. The van der Waals surface area contributed by atoms with E-state index in [9.17, 15) is 9.59 Å². The largest absolute Gasteiger partial charge is 0.399 e. The minimum atomic E-state index is -0.120. The first-order valence-electron chi connectivity index (χ1n) is 9.49. The van der Waals surface area contributed by atoms with Crippen molar-refractivity contribution in [3.63, 3.8) is 0 Å². The molecule has 3 N–H and O–H groups in total. The Morgan fingerprint density at radius 2 is 1.96 bits per heavy atom. The number of ether oxygens (including phenoxy) is 1. The molecule has 1 fully saturated rings. The van der Waals surface area contributed by atoms with Gasteiger partial charge in [-0.25, -0.2) is 0 Å². The maximum atomic E-state index is 12.5. The van der Waals surface area contributed by atoms with Crippen LogP contribution < -0.4 is 11.1 Å². The number of hydrogen-bond acceptors (Lipinski definition) is 5. The fourth-order valence-corrected chi connectivity index (χ4v) is 3.37. The zero-order chi connectivity index (χ0) is 20.1. The lowest BCUT2D eigenvalue weighted by Crippen LogP contribution is -2.49. The standard InChI is InChI=1S/C20H27N5O3/c1-14-10-24(11-15(2)28-14)20(27)13-25-12-17(9-22-25)23-19(26)8-7-16-5-3-4-6-18(16)21/h3-6,9,12,14-15H,7-8,10-11,13,21H2,1-2H3,(H,23,26). The van der Waals surface area contributed by atoms with Crippen molar-refractivity contribution in [2.45, 2.75) is 45.4 Å². The lowest BCUT2D eigenvalue weighted by Gasteiger charge is -2.35. The van der Waals surface area contributed by atoms with Crippen molar-refractivity contribution in [2.24, 2.45) is 0 Å². The van der Waals surface area contributed by atoms with Gasteiger partial charge in [-0.1, -0.05) is 18.2 Å². The quantitative estimate of drug-likeness (QED) is 0.737. The highest BCUT2D eigenvalue weighted by Gasteiger charge is 2.26. The van der Waals surface area contributed by atoms with Gasteiger partial charge in [0.1, 0.15) is 6.54 Å². The maximum absolute atomic E-state index is 12.5. The van der Waals surface area contributed by atoms with Crippen molar-refractivity contribution in [3.8, 4) is 0 Å². The lowest BCUT2D eigenvalue weighted by atomic mass is 10.1. The van der Waals surface area contributed by atoms with E-state index in [2.05, 4.69) is 10.4 Å². The Bertz CT molecular complexity index is 825. The maximum Gasteiger partial charge on any atom is 0.244 e. The number of amides is 2. The molecule has 1 aromatic heterocycles. The van der Waals surface area contributed by atoms with Crippen LogP contribution in [0.1, 0.15) is 25.8 Å². The lowest BCUT2D eigenvalue weighted by molar-refractivity contribution is -0.144. The second-order valence-corrected chi connectivity index (χ2v) is 7.23. The number of nitrogens with one attached hydrogen (secondary N) is 1. The molecule has 0 radical (unpaired) electrons. The van der Waals surface area contributed by atoms with Gasteiger partial charge in [-0.05, 0) is 31.9 Å². The number of aromatic nitrogens is 2. The van der Waals surface area contributed by atoms with E-state index >= 15 is 0 Å². The van der Waals surface area contributed by atoms with E-state index < -0.39 is 0 Å². The van der Waals surface area contributed by atoms with Gasteiger partial charge in [0.15, 0.2) is 0 Å². The molecule has 0 aliphatic carbocycles. The number of para-hydroxylation sites is 1. The van der Waals surface area contributed by atoms with Crippen LogP contribution in [0.4, 0.5) is 11.4 Å². The van der Waals surface area contributed by atoms with E-state index in [1.165, 1.54) is 4.68 Å². The molecule has 2 atom stereocenters. The Kier molecular flexibility index (Phi) is 6.30. The van der Waals surface area contributed by atoms with Crippen LogP contribution in [0.3, 0.4) is 0 Å². The minimum Gasteiger partial charge on any atom is -0.399 e. The van der Waals surface area contributed by atoms with Crippen LogP contribution >= 0.6 is 0 Å². The molecule has 1 aliphatic heterocycles. The number of nitrogens with two attached hydrogens (primary N) is 1. The van der Waals surface area contributed by atoms with Crippen LogP contribution in [0.25, 0.3) is 0 Å². The molecule has 2 unspecified atom stereocenters. The predicted molar refractivity (Wildman–Crippen MR) is 107 cm³/mol. The summed E-state index contributed by atoms with van der Waals surface area (Å²) in [7, 11) is 0. The number of carbonyl (C=O) groups is 2. The SMILES string of the molecule is CC1CN(C(=O)Cn2cc(NC(=O)CCc3ccccc3N)cn2)CC(C)O1. The number of aryl methyl sites for hydroxylation is 1. The molecule has 2 heterocycles. The minimum absolute atomic E-state index is 0.0115. The summed E-state index contributed by atoms with van der Waals surface area (Å²) in [5.41, 5.74) is 8.11. The Balaban J connectivity index is 1.49. The number of nitrogen functional groups attached to an aromatic ring is 1. The Labute approximate surface area is 164 Å². The van der Waals surface area contributed by atoms with Crippen LogP contribution in [-0.2, 0) is 27.3 Å². The molecule has 3 rings (SSSR count). The fraction of sp³-hybridized carbons (Fsp3) is 0.450. The first kappa shape index (κ1) is 19.9. The van der Waals surface area contributed by atoms with E-state index in [1.807, 2.05) is 38.1 Å². The smallest absolute Gasteiger partial charge is 0.244 e. The van der Waals surface area contributed by atoms with Crippen molar-refractivity contribution in [3.05, 3.63) is 42.2 Å². The van der Waals surface area contributed by atoms with Crippen LogP contribution in [-0.4, -0.2) is 51.8 Å². The van der Waals surface area contributed by atoms with E-state index in [4.69, 9.17) is 10.5 Å². The number of rotatable bonds is 6. The van der Waals surface area contributed by atoms with Crippen LogP contribution in [0.2, 0.25) is 0 Å². The van der Waals surface area contributed by atoms with Crippen molar-refractivity contribution in [1.82, 2.24) is 14.7 Å². The molecule has 0 saturated carbocycles. The molecule has 1 saturated heterocycles. The highest BCUT2D eigenvalue weighted by molar-refractivity contribution is 5.90. The zero-order valence-corrected chi connectivity index (χ0v) is 16.3. The van der Waals surface area contributed by atoms with Gasteiger partial charge in [-0.15, -0.1) is 0 Å². The summed E-state index contributed by atoms with van der Waals surface area (Å²) in [5.74, 6) is -0.132. The summed E-state index contributed by atoms with van der Waals surface area (Å²) in [5, 5.41) is 6.99. The second-order valence-electron chi connectivity index (χ2n) is 7.23. The van der Waals surface area contributed by atoms with E-state index in [1.54, 1.807) is 17.3 Å². The normalized spacial score (nSPS) is 19.4. The molecular formula is C20H27N5O3. The monoisotopic (exact) mass is 385 g/mol. The average Bonchev–Trinajstić information content (AvgIpc) is 3.07. The van der Waals surface area contributed by atoms with Crippen molar-refractivity contribution >= 4 is 23.2 Å². The summed E-state index contributed by atoms with van der Waals surface area (Å²) >= 11 is 0. The van der Waals surface area contributed by atoms with Crippen molar-refractivity contribution in [1.29, 1.82) is 0 Å². The first-order chi connectivity index (χ1) is 13.4. The molecule has 8 nitrogen and oxygen atoms in total. The van der Waals surface area contributed by atoms with Gasteiger partial charge in [-0.2, -0.15) is 5.10 Å². The highest BCUT2D eigenvalue weighted by Crippen LogP contribution is 2.14. The number of morpholine rings is 1. The molecule has 8 heteroatoms. The number of hydrogen-bond donors (Lipinski definition) is 2. The molecular weight excluding hydrogens is 358 g/mol. The van der Waals surface area contributed by atoms with Crippen LogP contribution in [0.5, 0.6) is 0 Å². The van der Waals surface area contributed by atoms with Gasteiger partial charge in [0, 0.05) is 31.4 Å². The van der Waals surface area contributed by atoms with Gasteiger partial charge in [0.25, 0.3) is 0 Å². The number of anilines is 2. The van der Waals surface area contributed by atoms with E-state index in [0.717, 1.165) is 5.56 Å². The zero-order valence-electron chi connectivity index (χ0n) is 16.3. The molecule has 2 amide bonds. The third-order valence-corrected chi connectivity index (χ3v) is 4.66. The van der Waals surface area contributed by atoms with Crippen molar-refractivity contribution < 1.29 is 14.3 Å². The fourth-order valence-electron chi connectivity index (χ4n) is 3.37. The predicted octanol–water partition coefficient (Wildman–Crippen LogP) is 1.67. The third-order valence-electron chi connectivity index (χ3n) is 4.66. The van der Waals surface area contributed by atoms with Gasteiger partial charge in [0.05, 0.1) is 24.1 Å².